The van der Waals surface area contributed by atoms with Crippen molar-refractivity contribution in [3.05, 3.63) is 57.1 Å². The molecule has 1 aromatic heterocycles. The van der Waals surface area contributed by atoms with Gasteiger partial charge in [-0.25, -0.2) is 9.97 Å². The zero-order valence-corrected chi connectivity index (χ0v) is 16.0. The third kappa shape index (κ3) is 4.22. The number of ketones is 1. The molecule has 0 bridgehead atoms. The first-order valence-corrected chi connectivity index (χ1v) is 9.26. The third-order valence-electron chi connectivity index (χ3n) is 4.63. The van der Waals surface area contributed by atoms with Crippen LogP contribution in [0.2, 0.25) is 10.0 Å². The van der Waals surface area contributed by atoms with Crippen LogP contribution in [-0.2, 0) is 17.6 Å². The van der Waals surface area contributed by atoms with E-state index in [1.165, 1.54) is 6.33 Å². The second-order valence-electron chi connectivity index (χ2n) is 6.37. The summed E-state index contributed by atoms with van der Waals surface area (Å²) in [4.78, 5) is 34.3. The Kier molecular flexibility index (Phi) is 5.89. The van der Waals surface area contributed by atoms with Gasteiger partial charge < -0.3 is 4.90 Å². The second-order valence-corrected chi connectivity index (χ2v) is 7.19. The maximum Gasteiger partial charge on any atom is 0.272 e. The predicted molar refractivity (Wildman–Crippen MR) is 101 cm³/mol. The first kappa shape index (κ1) is 18.8. The lowest BCUT2D eigenvalue weighted by Crippen LogP contribution is -2.39. The number of carbonyl (C=O) groups is 2. The number of aromatic nitrogens is 2. The largest absolute Gasteiger partial charge is 0.336 e. The molecule has 5 nitrogen and oxygen atoms in total. The second kappa shape index (κ2) is 8.14. The van der Waals surface area contributed by atoms with E-state index in [4.69, 9.17) is 23.2 Å². The van der Waals surface area contributed by atoms with E-state index in [0.717, 1.165) is 23.2 Å². The van der Waals surface area contributed by atoms with Gasteiger partial charge in [0, 0.05) is 37.2 Å². The number of likely N-dealkylation sites (tertiary alicyclic amines) is 1. The van der Waals surface area contributed by atoms with E-state index in [0.29, 0.717) is 48.1 Å². The van der Waals surface area contributed by atoms with Crippen LogP contribution in [0, 0.1) is 6.92 Å². The summed E-state index contributed by atoms with van der Waals surface area (Å²) in [5.74, 6) is 0.0731. The summed E-state index contributed by atoms with van der Waals surface area (Å²) >= 11 is 12.0. The monoisotopic (exact) mass is 391 g/mol. The average molecular weight is 392 g/mol. The highest BCUT2D eigenvalue weighted by Gasteiger charge is 2.24. The average Bonchev–Trinajstić information content (AvgIpc) is 2.64. The van der Waals surface area contributed by atoms with Crippen molar-refractivity contribution in [1.29, 1.82) is 0 Å². The third-order valence-corrected chi connectivity index (χ3v) is 5.37. The van der Waals surface area contributed by atoms with Gasteiger partial charge in [0.05, 0.1) is 10.0 Å². The standard InChI is InChI=1S/C19H19Cl2N3O2/c1-12-17(5-3-13-2-4-15(20)16(21)10-13)22-11-23-18(12)19(26)24-8-6-14(25)7-9-24/h2,4,10-11H,3,5-9H2,1H3. The molecule has 7 heteroatoms. The first-order valence-electron chi connectivity index (χ1n) is 8.51. The van der Waals surface area contributed by atoms with Crippen molar-refractivity contribution >= 4 is 34.9 Å². The van der Waals surface area contributed by atoms with Crippen LogP contribution in [-0.4, -0.2) is 39.6 Å². The highest BCUT2D eigenvalue weighted by atomic mass is 35.5. The summed E-state index contributed by atoms with van der Waals surface area (Å²) in [5, 5.41) is 1.06. The van der Waals surface area contributed by atoms with Crippen molar-refractivity contribution in [2.45, 2.75) is 32.6 Å². The van der Waals surface area contributed by atoms with Crippen molar-refractivity contribution in [3.63, 3.8) is 0 Å². The first-order chi connectivity index (χ1) is 12.5. The number of Topliss-reactive ketones (excluding diaryl/α,β-unsaturated/α-hetero) is 1. The molecule has 2 aromatic rings. The van der Waals surface area contributed by atoms with E-state index in [1.54, 1.807) is 11.0 Å². The summed E-state index contributed by atoms with van der Waals surface area (Å²) in [6, 6.07) is 5.55. The molecule has 0 radical (unpaired) electrons. The van der Waals surface area contributed by atoms with Crippen molar-refractivity contribution in [2.24, 2.45) is 0 Å². The van der Waals surface area contributed by atoms with Crippen LogP contribution in [0.3, 0.4) is 0 Å². The molecule has 0 spiro atoms. The van der Waals surface area contributed by atoms with Crippen molar-refractivity contribution in [3.8, 4) is 0 Å². The van der Waals surface area contributed by atoms with Crippen LogP contribution in [0.4, 0.5) is 0 Å². The Labute approximate surface area is 162 Å². The highest BCUT2D eigenvalue weighted by molar-refractivity contribution is 6.42. The minimum Gasteiger partial charge on any atom is -0.336 e. The van der Waals surface area contributed by atoms with E-state index in [9.17, 15) is 9.59 Å². The number of benzene rings is 1. The molecular formula is C19H19Cl2N3O2. The van der Waals surface area contributed by atoms with Gasteiger partial charge in [-0.05, 0) is 37.5 Å². The van der Waals surface area contributed by atoms with Gasteiger partial charge in [0.1, 0.15) is 17.8 Å². The number of hydrogen-bond acceptors (Lipinski definition) is 4. The number of piperidine rings is 1. The molecule has 0 aliphatic carbocycles. The molecule has 2 heterocycles. The fraction of sp³-hybridized carbons (Fsp3) is 0.368. The predicted octanol–water partition coefficient (Wildman–Crippen LogP) is 3.68. The van der Waals surface area contributed by atoms with Gasteiger partial charge in [-0.2, -0.15) is 0 Å². The SMILES string of the molecule is Cc1c(CCc2ccc(Cl)c(Cl)c2)ncnc1C(=O)N1CCC(=O)CC1. The molecule has 1 saturated heterocycles. The maximum absolute atomic E-state index is 12.7. The number of amides is 1. The van der Waals surface area contributed by atoms with Gasteiger partial charge in [-0.15, -0.1) is 0 Å². The molecule has 1 aliphatic rings. The van der Waals surface area contributed by atoms with Crippen LogP contribution in [0.15, 0.2) is 24.5 Å². The van der Waals surface area contributed by atoms with E-state index in [2.05, 4.69) is 9.97 Å². The lowest BCUT2D eigenvalue weighted by Gasteiger charge is -2.26. The number of halogens is 2. The number of aryl methyl sites for hydroxylation is 2. The summed E-state index contributed by atoms with van der Waals surface area (Å²) in [5.41, 5.74) is 3.09. The lowest BCUT2D eigenvalue weighted by molar-refractivity contribution is -0.120. The Hall–Kier alpha value is -1.98. The summed E-state index contributed by atoms with van der Waals surface area (Å²) < 4.78 is 0. The fourth-order valence-electron chi connectivity index (χ4n) is 3.02. The lowest BCUT2D eigenvalue weighted by atomic mass is 10.0. The molecule has 1 aliphatic heterocycles. The van der Waals surface area contributed by atoms with Gasteiger partial charge in [0.25, 0.3) is 5.91 Å². The summed E-state index contributed by atoms with van der Waals surface area (Å²) in [6.45, 7) is 2.78. The molecule has 26 heavy (non-hydrogen) atoms. The maximum atomic E-state index is 12.7. The van der Waals surface area contributed by atoms with E-state index >= 15 is 0 Å². The Bertz CT molecular complexity index is 845. The quantitative estimate of drug-likeness (QED) is 0.797. The zero-order valence-electron chi connectivity index (χ0n) is 14.5. The normalized spacial score (nSPS) is 14.6. The van der Waals surface area contributed by atoms with E-state index < -0.39 is 0 Å². The van der Waals surface area contributed by atoms with Crippen LogP contribution in [0.1, 0.15) is 40.2 Å². The minimum absolute atomic E-state index is 0.131. The minimum atomic E-state index is -0.131. The van der Waals surface area contributed by atoms with Crippen molar-refractivity contribution in [1.82, 2.24) is 14.9 Å². The van der Waals surface area contributed by atoms with Gasteiger partial charge in [-0.1, -0.05) is 29.3 Å². The van der Waals surface area contributed by atoms with Gasteiger partial charge in [0.15, 0.2) is 0 Å². The van der Waals surface area contributed by atoms with E-state index in [-0.39, 0.29) is 11.7 Å². The van der Waals surface area contributed by atoms with Crippen LogP contribution >= 0.6 is 23.2 Å². The van der Waals surface area contributed by atoms with Gasteiger partial charge >= 0.3 is 0 Å². The van der Waals surface area contributed by atoms with Gasteiger partial charge in [0.2, 0.25) is 0 Å². The molecular weight excluding hydrogens is 373 g/mol. The molecule has 1 aromatic carbocycles. The molecule has 3 rings (SSSR count). The summed E-state index contributed by atoms with van der Waals surface area (Å²) in [6.07, 6.45) is 3.67. The number of hydrogen-bond donors (Lipinski definition) is 0. The summed E-state index contributed by atoms with van der Waals surface area (Å²) in [7, 11) is 0. The van der Waals surface area contributed by atoms with Crippen molar-refractivity contribution in [2.75, 3.05) is 13.1 Å². The zero-order chi connectivity index (χ0) is 18.7. The number of carbonyl (C=O) groups excluding carboxylic acids is 2. The molecule has 0 N–H and O–H groups in total. The van der Waals surface area contributed by atoms with E-state index in [1.807, 2.05) is 19.1 Å². The number of rotatable bonds is 4. The Morgan fingerprint density at radius 2 is 1.85 bits per heavy atom. The molecule has 1 fully saturated rings. The molecule has 0 unspecified atom stereocenters. The smallest absolute Gasteiger partial charge is 0.272 e. The molecule has 136 valence electrons. The number of nitrogens with zero attached hydrogens (tertiary/aromatic N) is 3. The van der Waals surface area contributed by atoms with Crippen LogP contribution in [0.5, 0.6) is 0 Å². The highest BCUT2D eigenvalue weighted by Crippen LogP contribution is 2.23. The molecule has 1 amide bonds. The van der Waals surface area contributed by atoms with Crippen LogP contribution < -0.4 is 0 Å². The van der Waals surface area contributed by atoms with Gasteiger partial charge in [-0.3, -0.25) is 9.59 Å². The van der Waals surface area contributed by atoms with Crippen LogP contribution in [0.25, 0.3) is 0 Å². The molecule has 0 atom stereocenters. The molecule has 0 saturated carbocycles. The fourth-order valence-corrected chi connectivity index (χ4v) is 3.34. The Balaban J connectivity index is 1.73. The van der Waals surface area contributed by atoms with Crippen molar-refractivity contribution < 1.29 is 9.59 Å². The Morgan fingerprint density at radius 1 is 1.12 bits per heavy atom. The topological polar surface area (TPSA) is 63.2 Å². The Morgan fingerprint density at radius 3 is 2.54 bits per heavy atom.